The number of hydrogen-bond acceptors (Lipinski definition) is 3. The van der Waals surface area contributed by atoms with Gasteiger partial charge in [0, 0.05) is 5.69 Å². The molecule has 0 saturated carbocycles. The lowest BCUT2D eigenvalue weighted by molar-refractivity contribution is 0.628. The molecule has 0 radical (unpaired) electrons. The number of halogens is 1. The molecule has 2 aromatic carbocycles. The van der Waals surface area contributed by atoms with Gasteiger partial charge in [0.25, 0.3) is 0 Å². The number of anilines is 1. The van der Waals surface area contributed by atoms with E-state index in [1.54, 1.807) is 12.3 Å². The monoisotopic (exact) mass is 267 g/mol. The maximum Gasteiger partial charge on any atom is 0.125 e. The average molecular weight is 267 g/mol. The molecule has 4 heteroatoms. The predicted molar refractivity (Wildman–Crippen MR) is 78.0 cm³/mol. The van der Waals surface area contributed by atoms with Crippen molar-refractivity contribution in [2.45, 2.75) is 13.5 Å². The van der Waals surface area contributed by atoms with Gasteiger partial charge in [0.05, 0.1) is 29.5 Å². The van der Waals surface area contributed by atoms with E-state index in [0.29, 0.717) is 6.54 Å². The second-order valence-electron chi connectivity index (χ2n) is 4.66. The van der Waals surface area contributed by atoms with Crippen molar-refractivity contribution in [3.8, 4) is 0 Å². The summed E-state index contributed by atoms with van der Waals surface area (Å²) in [4.78, 5) is 8.88. The van der Waals surface area contributed by atoms with Crippen molar-refractivity contribution in [3.05, 3.63) is 65.7 Å². The van der Waals surface area contributed by atoms with E-state index in [2.05, 4.69) is 15.3 Å². The van der Waals surface area contributed by atoms with Gasteiger partial charge in [0.2, 0.25) is 0 Å². The molecule has 100 valence electrons. The molecule has 20 heavy (non-hydrogen) atoms. The van der Waals surface area contributed by atoms with Crippen LogP contribution in [0.1, 0.15) is 11.3 Å². The molecule has 3 aromatic rings. The Morgan fingerprint density at radius 1 is 1.10 bits per heavy atom. The fourth-order valence-corrected chi connectivity index (χ4v) is 2.05. The molecule has 0 spiro atoms. The highest BCUT2D eigenvalue weighted by atomic mass is 19.1. The Morgan fingerprint density at radius 3 is 2.75 bits per heavy atom. The van der Waals surface area contributed by atoms with Crippen molar-refractivity contribution < 1.29 is 4.39 Å². The molecular weight excluding hydrogens is 253 g/mol. The van der Waals surface area contributed by atoms with Gasteiger partial charge in [-0.05, 0) is 36.8 Å². The number of rotatable bonds is 3. The number of nitrogens with one attached hydrogen (secondary N) is 1. The molecule has 0 unspecified atom stereocenters. The summed E-state index contributed by atoms with van der Waals surface area (Å²) >= 11 is 0. The van der Waals surface area contributed by atoms with E-state index in [-0.39, 0.29) is 5.82 Å². The molecule has 0 aliphatic heterocycles. The fourth-order valence-electron chi connectivity index (χ4n) is 2.05. The Hall–Kier alpha value is -2.49. The maximum absolute atomic E-state index is 13.2. The van der Waals surface area contributed by atoms with Crippen molar-refractivity contribution in [2.75, 3.05) is 5.32 Å². The highest BCUT2D eigenvalue weighted by molar-refractivity contribution is 5.73. The number of para-hydroxylation sites is 2. The second kappa shape index (κ2) is 5.25. The minimum atomic E-state index is -0.248. The van der Waals surface area contributed by atoms with E-state index < -0.39 is 0 Å². The van der Waals surface area contributed by atoms with Crippen LogP contribution in [0.25, 0.3) is 11.0 Å². The first-order valence-corrected chi connectivity index (χ1v) is 6.43. The molecule has 3 rings (SSSR count). The summed E-state index contributed by atoms with van der Waals surface area (Å²) < 4.78 is 13.2. The largest absolute Gasteiger partial charge is 0.379 e. The SMILES string of the molecule is Cc1ccc(F)cc1NCc1cnc2ccccc2n1. The van der Waals surface area contributed by atoms with E-state index in [1.807, 2.05) is 31.2 Å². The molecule has 3 nitrogen and oxygen atoms in total. The first kappa shape index (κ1) is 12.5. The number of nitrogens with zero attached hydrogens (tertiary/aromatic N) is 2. The van der Waals surface area contributed by atoms with Crippen molar-refractivity contribution >= 4 is 16.7 Å². The van der Waals surface area contributed by atoms with Gasteiger partial charge >= 0.3 is 0 Å². The molecule has 1 aromatic heterocycles. The zero-order valence-electron chi connectivity index (χ0n) is 11.1. The Labute approximate surface area is 116 Å². The third kappa shape index (κ3) is 2.59. The van der Waals surface area contributed by atoms with Gasteiger partial charge in [-0.1, -0.05) is 18.2 Å². The molecule has 0 atom stereocenters. The molecular formula is C16H14FN3. The van der Waals surface area contributed by atoms with Crippen LogP contribution in [-0.2, 0) is 6.54 Å². The first-order valence-electron chi connectivity index (χ1n) is 6.43. The van der Waals surface area contributed by atoms with Crippen LogP contribution < -0.4 is 5.32 Å². The molecule has 0 saturated heterocycles. The maximum atomic E-state index is 13.2. The minimum Gasteiger partial charge on any atom is -0.379 e. The minimum absolute atomic E-state index is 0.248. The molecule has 0 aliphatic carbocycles. The summed E-state index contributed by atoms with van der Waals surface area (Å²) in [6.07, 6.45) is 1.74. The summed E-state index contributed by atoms with van der Waals surface area (Å²) in [5, 5.41) is 3.19. The number of aryl methyl sites for hydroxylation is 1. The van der Waals surface area contributed by atoms with Gasteiger partial charge in [0.1, 0.15) is 5.82 Å². The van der Waals surface area contributed by atoms with Crippen molar-refractivity contribution in [1.29, 1.82) is 0 Å². The quantitative estimate of drug-likeness (QED) is 0.786. The lowest BCUT2D eigenvalue weighted by atomic mass is 10.2. The van der Waals surface area contributed by atoms with Crippen LogP contribution in [0, 0.1) is 12.7 Å². The Morgan fingerprint density at radius 2 is 1.90 bits per heavy atom. The molecule has 1 N–H and O–H groups in total. The molecule has 0 aliphatic rings. The predicted octanol–water partition coefficient (Wildman–Crippen LogP) is 3.69. The first-order chi connectivity index (χ1) is 9.72. The summed E-state index contributed by atoms with van der Waals surface area (Å²) in [5.74, 6) is -0.248. The fraction of sp³-hybridized carbons (Fsp3) is 0.125. The van der Waals surface area contributed by atoms with Crippen LogP contribution in [0.3, 0.4) is 0 Å². The van der Waals surface area contributed by atoms with Crippen LogP contribution in [0.15, 0.2) is 48.7 Å². The molecule has 1 heterocycles. The summed E-state index contributed by atoms with van der Waals surface area (Å²) in [7, 11) is 0. The number of aromatic nitrogens is 2. The summed E-state index contributed by atoms with van der Waals surface area (Å²) in [6, 6.07) is 12.4. The lowest BCUT2D eigenvalue weighted by Crippen LogP contribution is -2.04. The van der Waals surface area contributed by atoms with Gasteiger partial charge in [-0.25, -0.2) is 9.37 Å². The standard InChI is InChI=1S/C16H14FN3/c1-11-6-7-12(17)8-16(11)19-10-13-9-18-14-4-2-3-5-15(14)20-13/h2-9,19H,10H2,1H3. The Balaban J connectivity index is 1.81. The molecule has 0 bridgehead atoms. The van der Waals surface area contributed by atoms with Crippen LogP contribution in [0.5, 0.6) is 0 Å². The number of fused-ring (bicyclic) bond motifs is 1. The van der Waals surface area contributed by atoms with Crippen molar-refractivity contribution in [2.24, 2.45) is 0 Å². The van der Waals surface area contributed by atoms with Crippen LogP contribution in [0.4, 0.5) is 10.1 Å². The van der Waals surface area contributed by atoms with Gasteiger partial charge < -0.3 is 5.32 Å². The van der Waals surface area contributed by atoms with E-state index in [9.17, 15) is 4.39 Å². The molecule has 0 fully saturated rings. The average Bonchev–Trinajstić information content (AvgIpc) is 2.48. The Kier molecular flexibility index (Phi) is 3.29. The van der Waals surface area contributed by atoms with Crippen LogP contribution >= 0.6 is 0 Å². The highest BCUT2D eigenvalue weighted by Gasteiger charge is 2.02. The van der Waals surface area contributed by atoms with Gasteiger partial charge in [-0.2, -0.15) is 0 Å². The smallest absolute Gasteiger partial charge is 0.125 e. The number of benzene rings is 2. The topological polar surface area (TPSA) is 37.8 Å². The normalized spacial score (nSPS) is 10.7. The van der Waals surface area contributed by atoms with Crippen LogP contribution in [0.2, 0.25) is 0 Å². The summed E-state index contributed by atoms with van der Waals surface area (Å²) in [5.41, 5.74) is 4.34. The van der Waals surface area contributed by atoms with E-state index in [4.69, 9.17) is 0 Å². The zero-order chi connectivity index (χ0) is 13.9. The Bertz CT molecular complexity index is 756. The van der Waals surface area contributed by atoms with Gasteiger partial charge in [0.15, 0.2) is 0 Å². The van der Waals surface area contributed by atoms with E-state index in [1.165, 1.54) is 12.1 Å². The van der Waals surface area contributed by atoms with Crippen LogP contribution in [-0.4, -0.2) is 9.97 Å². The van der Waals surface area contributed by atoms with Crippen molar-refractivity contribution in [3.63, 3.8) is 0 Å². The van der Waals surface area contributed by atoms with E-state index in [0.717, 1.165) is 28.0 Å². The van der Waals surface area contributed by atoms with E-state index >= 15 is 0 Å². The second-order valence-corrected chi connectivity index (χ2v) is 4.66. The zero-order valence-corrected chi connectivity index (χ0v) is 11.1. The highest BCUT2D eigenvalue weighted by Crippen LogP contribution is 2.17. The third-order valence-corrected chi connectivity index (χ3v) is 3.16. The molecule has 0 amide bonds. The van der Waals surface area contributed by atoms with Gasteiger partial charge in [-0.3, -0.25) is 4.98 Å². The van der Waals surface area contributed by atoms with Crippen molar-refractivity contribution in [1.82, 2.24) is 9.97 Å². The van der Waals surface area contributed by atoms with Gasteiger partial charge in [-0.15, -0.1) is 0 Å². The third-order valence-electron chi connectivity index (χ3n) is 3.16. The number of hydrogen-bond donors (Lipinski definition) is 1. The summed E-state index contributed by atoms with van der Waals surface area (Å²) in [6.45, 7) is 2.45. The lowest BCUT2D eigenvalue weighted by Gasteiger charge is -2.09.